The van der Waals surface area contributed by atoms with Gasteiger partial charge in [0.05, 0.1) is 6.61 Å². The lowest BCUT2D eigenvalue weighted by Crippen LogP contribution is -2.61. The largest absolute Gasteiger partial charge is 0.479 e. The van der Waals surface area contributed by atoms with Crippen LogP contribution >= 0.6 is 0 Å². The van der Waals surface area contributed by atoms with Gasteiger partial charge >= 0.3 is 23.9 Å². The van der Waals surface area contributed by atoms with Crippen molar-refractivity contribution < 1.29 is 58.2 Å². The monoisotopic (exact) mass is 1050 g/mol. The van der Waals surface area contributed by atoms with E-state index in [2.05, 4.69) is 118 Å². The molecule has 0 radical (unpaired) electrons. The van der Waals surface area contributed by atoms with Crippen LogP contribution < -0.4 is 0 Å². The first-order valence-electron chi connectivity index (χ1n) is 28.9. The van der Waals surface area contributed by atoms with Crippen LogP contribution in [0.3, 0.4) is 0 Å². The number of hydrogen-bond donors (Lipinski definition) is 3. The van der Waals surface area contributed by atoms with Crippen LogP contribution in [-0.4, -0.2) is 89.2 Å². The molecular weight excluding hydrogens is 949 g/mol. The standard InChI is InChI=1S/C63H100O12/c1-4-7-10-13-16-19-22-25-27-28-30-33-36-39-42-45-48-51-57(66)74-61-59(68)58(67)60(62(69)70)75-63(61)72-53-54(73-56(65)50-47-44-41-38-35-31-24-21-18-15-12-9-6-3)52-71-55(64)49-46-43-40-37-34-32-29-26-23-20-17-14-11-8-5-2/h8-9,11-12,16-21,25-27,29,31,35,41,44,54,58-61,63,67-68H,4-7,10,13-15,22-24,28,30,32-34,36-40,42-43,45-53H2,1-3H3,(H,69,70)/b11-8-,12-9-,19-16-,20-17-,21-18-,27-25-,29-26-,35-31-,44-41-. The molecule has 12 heteroatoms. The highest BCUT2D eigenvalue weighted by Gasteiger charge is 2.50. The molecule has 1 heterocycles. The third-order valence-corrected chi connectivity index (χ3v) is 12.3. The molecule has 0 aliphatic carbocycles. The van der Waals surface area contributed by atoms with Crippen LogP contribution in [-0.2, 0) is 42.9 Å². The predicted octanol–water partition coefficient (Wildman–Crippen LogP) is 14.7. The average Bonchev–Trinajstić information content (AvgIpc) is 3.39. The van der Waals surface area contributed by atoms with Gasteiger partial charge in [-0.25, -0.2) is 4.79 Å². The van der Waals surface area contributed by atoms with Crippen LogP contribution in [0.2, 0.25) is 0 Å². The molecule has 0 amide bonds. The zero-order chi connectivity index (χ0) is 54.7. The Hall–Kier alpha value is -4.62. The number of aliphatic carboxylic acids is 1. The first kappa shape index (κ1) is 68.4. The molecule has 75 heavy (non-hydrogen) atoms. The first-order valence-corrected chi connectivity index (χ1v) is 28.9. The number of aliphatic hydroxyl groups excluding tert-OH is 2. The van der Waals surface area contributed by atoms with Crippen molar-refractivity contribution in [1.29, 1.82) is 0 Å². The van der Waals surface area contributed by atoms with E-state index in [4.69, 9.17) is 23.7 Å². The van der Waals surface area contributed by atoms with E-state index in [9.17, 15) is 34.5 Å². The molecule has 424 valence electrons. The van der Waals surface area contributed by atoms with E-state index in [0.29, 0.717) is 25.7 Å². The lowest BCUT2D eigenvalue weighted by atomic mass is 9.98. The van der Waals surface area contributed by atoms with Gasteiger partial charge in [-0.1, -0.05) is 194 Å². The van der Waals surface area contributed by atoms with Crippen LogP contribution in [0.1, 0.15) is 213 Å². The Labute approximate surface area is 453 Å². The summed E-state index contributed by atoms with van der Waals surface area (Å²) in [7, 11) is 0. The number of esters is 3. The Morgan fingerprint density at radius 3 is 1.33 bits per heavy atom. The summed E-state index contributed by atoms with van der Waals surface area (Å²) in [5.41, 5.74) is 0. The fraction of sp³-hybridized carbons (Fsp3) is 0.651. The zero-order valence-corrected chi connectivity index (χ0v) is 46.5. The van der Waals surface area contributed by atoms with E-state index in [1.807, 2.05) is 12.2 Å². The van der Waals surface area contributed by atoms with Crippen molar-refractivity contribution in [3.8, 4) is 0 Å². The van der Waals surface area contributed by atoms with Gasteiger partial charge in [-0.2, -0.15) is 0 Å². The number of carboxylic acid groups (broad SMARTS) is 1. The third-order valence-electron chi connectivity index (χ3n) is 12.3. The van der Waals surface area contributed by atoms with Crippen LogP contribution in [0.15, 0.2) is 109 Å². The summed E-state index contributed by atoms with van der Waals surface area (Å²) in [6, 6.07) is 0. The summed E-state index contributed by atoms with van der Waals surface area (Å²) in [5, 5.41) is 31.5. The van der Waals surface area contributed by atoms with Gasteiger partial charge in [0.25, 0.3) is 0 Å². The van der Waals surface area contributed by atoms with Gasteiger partial charge in [0, 0.05) is 19.3 Å². The molecule has 6 unspecified atom stereocenters. The minimum absolute atomic E-state index is 0.0315. The highest BCUT2D eigenvalue weighted by molar-refractivity contribution is 5.74. The summed E-state index contributed by atoms with van der Waals surface area (Å²) in [6.07, 6.45) is 55.0. The summed E-state index contributed by atoms with van der Waals surface area (Å²) in [4.78, 5) is 51.0. The summed E-state index contributed by atoms with van der Waals surface area (Å²) >= 11 is 0. The average molecular weight is 1050 g/mol. The Balaban J connectivity index is 2.74. The molecule has 1 saturated heterocycles. The smallest absolute Gasteiger partial charge is 0.335 e. The molecule has 1 aliphatic rings. The lowest BCUT2D eigenvalue weighted by Gasteiger charge is -2.40. The topological polar surface area (TPSA) is 175 Å². The normalized spacial score (nSPS) is 19.0. The third kappa shape index (κ3) is 40.3. The zero-order valence-electron chi connectivity index (χ0n) is 46.5. The minimum Gasteiger partial charge on any atom is -0.479 e. The maximum absolute atomic E-state index is 13.1. The molecule has 3 N–H and O–H groups in total. The number of allylic oxidation sites excluding steroid dienone is 18. The van der Waals surface area contributed by atoms with Crippen LogP contribution in [0, 0.1) is 0 Å². The van der Waals surface area contributed by atoms with E-state index in [-0.39, 0.29) is 25.9 Å². The molecule has 0 aromatic rings. The van der Waals surface area contributed by atoms with Gasteiger partial charge < -0.3 is 39.0 Å². The lowest BCUT2D eigenvalue weighted by molar-refractivity contribution is -0.301. The second kappa shape index (κ2) is 50.2. The summed E-state index contributed by atoms with van der Waals surface area (Å²) < 4.78 is 28.3. The molecule has 1 rings (SSSR count). The molecule has 0 spiro atoms. The molecule has 0 aromatic heterocycles. The van der Waals surface area contributed by atoms with Crippen LogP contribution in [0.5, 0.6) is 0 Å². The van der Waals surface area contributed by atoms with Crippen LogP contribution in [0.4, 0.5) is 0 Å². The maximum atomic E-state index is 13.1. The van der Waals surface area contributed by atoms with Crippen molar-refractivity contribution in [2.24, 2.45) is 0 Å². The second-order valence-corrected chi connectivity index (χ2v) is 19.2. The Bertz CT molecular complexity index is 1720. The Kier molecular flexibility index (Phi) is 45.8. The summed E-state index contributed by atoms with van der Waals surface area (Å²) in [6.45, 7) is 5.64. The second-order valence-electron chi connectivity index (χ2n) is 19.2. The molecule has 0 saturated carbocycles. The number of carbonyl (C=O) groups excluding carboxylic acids is 3. The molecule has 1 aliphatic heterocycles. The van der Waals surface area contributed by atoms with Gasteiger partial charge in [0.1, 0.15) is 18.8 Å². The van der Waals surface area contributed by atoms with E-state index in [1.165, 1.54) is 19.3 Å². The molecule has 1 fully saturated rings. The number of rotatable bonds is 47. The quantitative estimate of drug-likeness (QED) is 0.0228. The SMILES string of the molecule is CC/C=C\C/C=C\C/C=C\C/C=C\CCC(=O)OC(COC(=O)CCCCCCC/C=C\C/C=C\C/C=C\CC)COC1OC(C(=O)O)C(O)C(O)C1OC(=O)CCCCCCCCC/C=C\C/C=C\CCCCC. The van der Waals surface area contributed by atoms with E-state index >= 15 is 0 Å². The first-order chi connectivity index (χ1) is 36.6. The number of hydrogen-bond acceptors (Lipinski definition) is 11. The number of carbonyl (C=O) groups is 4. The van der Waals surface area contributed by atoms with Crippen molar-refractivity contribution in [3.63, 3.8) is 0 Å². The predicted molar refractivity (Wildman–Crippen MR) is 303 cm³/mol. The number of aliphatic hydroxyl groups is 2. The fourth-order valence-corrected chi connectivity index (χ4v) is 7.95. The van der Waals surface area contributed by atoms with Gasteiger partial charge in [0.15, 0.2) is 24.6 Å². The summed E-state index contributed by atoms with van der Waals surface area (Å²) in [5.74, 6) is -3.28. The molecule has 6 atom stereocenters. The highest BCUT2D eigenvalue weighted by Crippen LogP contribution is 2.26. The Morgan fingerprint density at radius 2 is 0.867 bits per heavy atom. The van der Waals surface area contributed by atoms with E-state index in [1.54, 1.807) is 0 Å². The number of unbranched alkanes of at least 4 members (excludes halogenated alkanes) is 15. The molecule has 0 bridgehead atoms. The van der Waals surface area contributed by atoms with Gasteiger partial charge in [0.2, 0.25) is 0 Å². The van der Waals surface area contributed by atoms with Gasteiger partial charge in [-0.3, -0.25) is 14.4 Å². The molecular formula is C63H100O12. The number of carboxylic acids is 1. The van der Waals surface area contributed by atoms with Crippen molar-refractivity contribution >= 4 is 23.9 Å². The van der Waals surface area contributed by atoms with Crippen LogP contribution in [0.25, 0.3) is 0 Å². The van der Waals surface area contributed by atoms with Crippen molar-refractivity contribution in [3.05, 3.63) is 109 Å². The molecule has 0 aromatic carbocycles. The van der Waals surface area contributed by atoms with Crippen molar-refractivity contribution in [2.45, 2.75) is 250 Å². The van der Waals surface area contributed by atoms with Crippen molar-refractivity contribution in [2.75, 3.05) is 13.2 Å². The van der Waals surface area contributed by atoms with Gasteiger partial charge in [-0.15, -0.1) is 0 Å². The Morgan fingerprint density at radius 1 is 0.453 bits per heavy atom. The molecule has 12 nitrogen and oxygen atoms in total. The maximum Gasteiger partial charge on any atom is 0.335 e. The fourth-order valence-electron chi connectivity index (χ4n) is 7.95. The minimum atomic E-state index is -1.92. The van der Waals surface area contributed by atoms with Crippen molar-refractivity contribution in [1.82, 2.24) is 0 Å². The number of ether oxygens (including phenoxy) is 5. The van der Waals surface area contributed by atoms with E-state index in [0.717, 1.165) is 128 Å². The highest BCUT2D eigenvalue weighted by atomic mass is 16.7. The van der Waals surface area contributed by atoms with Gasteiger partial charge in [-0.05, 0) is 109 Å². The van der Waals surface area contributed by atoms with E-state index < -0.39 is 67.3 Å².